The van der Waals surface area contributed by atoms with E-state index in [1.54, 1.807) is 7.11 Å². The van der Waals surface area contributed by atoms with Crippen LogP contribution >= 0.6 is 0 Å². The standard InChI is InChI=1S/C19H23NO2/c1-22-17-8-6-15(7-9-17)11-13-20-19(14-21)12-10-16-4-2-3-5-18(16)19/h2-9,20-21H,10-14H2,1H3. The second-order valence-electron chi connectivity index (χ2n) is 5.92. The van der Waals surface area contributed by atoms with Crippen LogP contribution in [-0.2, 0) is 18.4 Å². The number of methoxy groups -OCH3 is 1. The van der Waals surface area contributed by atoms with E-state index < -0.39 is 0 Å². The number of nitrogens with one attached hydrogen (secondary N) is 1. The lowest BCUT2D eigenvalue weighted by atomic mass is 9.92. The van der Waals surface area contributed by atoms with E-state index >= 15 is 0 Å². The van der Waals surface area contributed by atoms with Gasteiger partial charge in [0, 0.05) is 6.54 Å². The Labute approximate surface area is 131 Å². The molecule has 0 aromatic heterocycles. The number of hydrogen-bond donors (Lipinski definition) is 2. The highest BCUT2D eigenvalue weighted by Crippen LogP contribution is 2.36. The highest BCUT2D eigenvalue weighted by Gasteiger charge is 2.37. The van der Waals surface area contributed by atoms with E-state index in [0.29, 0.717) is 0 Å². The summed E-state index contributed by atoms with van der Waals surface area (Å²) in [6.07, 6.45) is 2.94. The molecule has 2 aromatic carbocycles. The molecule has 1 aliphatic rings. The Hall–Kier alpha value is -1.84. The maximum atomic E-state index is 9.95. The van der Waals surface area contributed by atoms with Crippen LogP contribution in [0.1, 0.15) is 23.1 Å². The predicted molar refractivity (Wildman–Crippen MR) is 88.2 cm³/mol. The first-order valence-electron chi connectivity index (χ1n) is 7.85. The van der Waals surface area contributed by atoms with Gasteiger partial charge in [0.25, 0.3) is 0 Å². The van der Waals surface area contributed by atoms with E-state index in [1.165, 1.54) is 16.7 Å². The monoisotopic (exact) mass is 297 g/mol. The van der Waals surface area contributed by atoms with Crippen LogP contribution in [0.25, 0.3) is 0 Å². The first-order valence-corrected chi connectivity index (χ1v) is 7.85. The van der Waals surface area contributed by atoms with Crippen LogP contribution in [0.4, 0.5) is 0 Å². The van der Waals surface area contributed by atoms with Gasteiger partial charge in [0.2, 0.25) is 0 Å². The molecule has 1 unspecified atom stereocenters. The Morgan fingerprint density at radius 3 is 2.64 bits per heavy atom. The summed E-state index contributed by atoms with van der Waals surface area (Å²) in [6.45, 7) is 0.994. The van der Waals surface area contributed by atoms with Gasteiger partial charge in [0.05, 0.1) is 19.3 Å². The first kappa shape index (κ1) is 15.1. The van der Waals surface area contributed by atoms with E-state index in [2.05, 4.69) is 41.7 Å². The van der Waals surface area contributed by atoms with Gasteiger partial charge in [-0.3, -0.25) is 0 Å². The van der Waals surface area contributed by atoms with Crippen molar-refractivity contribution in [2.24, 2.45) is 0 Å². The lowest BCUT2D eigenvalue weighted by Crippen LogP contribution is -2.44. The van der Waals surface area contributed by atoms with Crippen LogP contribution in [0.3, 0.4) is 0 Å². The van der Waals surface area contributed by atoms with Gasteiger partial charge in [-0.2, -0.15) is 0 Å². The fourth-order valence-electron chi connectivity index (χ4n) is 3.33. The second-order valence-corrected chi connectivity index (χ2v) is 5.92. The summed E-state index contributed by atoms with van der Waals surface area (Å²) in [6, 6.07) is 16.6. The third kappa shape index (κ3) is 2.87. The number of aryl methyl sites for hydroxylation is 1. The fraction of sp³-hybridized carbons (Fsp3) is 0.368. The number of hydrogen-bond acceptors (Lipinski definition) is 3. The molecule has 0 saturated carbocycles. The Kier molecular flexibility index (Phi) is 4.46. The van der Waals surface area contributed by atoms with Crippen LogP contribution in [0, 0.1) is 0 Å². The summed E-state index contributed by atoms with van der Waals surface area (Å²) in [5.41, 5.74) is 3.61. The zero-order valence-electron chi connectivity index (χ0n) is 13.0. The van der Waals surface area contributed by atoms with Gasteiger partial charge in [-0.1, -0.05) is 36.4 Å². The van der Waals surface area contributed by atoms with Crippen molar-refractivity contribution in [2.45, 2.75) is 24.8 Å². The molecule has 1 aliphatic carbocycles. The van der Waals surface area contributed by atoms with E-state index in [1.807, 2.05) is 12.1 Å². The molecule has 3 rings (SSSR count). The van der Waals surface area contributed by atoms with Gasteiger partial charge >= 0.3 is 0 Å². The Balaban J connectivity index is 1.64. The Morgan fingerprint density at radius 2 is 1.91 bits per heavy atom. The molecule has 22 heavy (non-hydrogen) atoms. The minimum atomic E-state index is -0.275. The summed E-state index contributed by atoms with van der Waals surface area (Å²) in [5, 5.41) is 13.5. The van der Waals surface area contributed by atoms with E-state index in [-0.39, 0.29) is 12.1 Å². The van der Waals surface area contributed by atoms with E-state index in [9.17, 15) is 5.11 Å². The highest BCUT2D eigenvalue weighted by molar-refractivity contribution is 5.39. The quantitative estimate of drug-likeness (QED) is 0.861. The fourth-order valence-corrected chi connectivity index (χ4v) is 3.33. The third-order valence-corrected chi connectivity index (χ3v) is 4.66. The smallest absolute Gasteiger partial charge is 0.118 e. The molecular formula is C19H23NO2. The number of ether oxygens (including phenoxy) is 1. The first-order chi connectivity index (χ1) is 10.8. The molecule has 2 N–H and O–H groups in total. The Morgan fingerprint density at radius 1 is 1.14 bits per heavy atom. The van der Waals surface area contributed by atoms with Crippen LogP contribution in [0.2, 0.25) is 0 Å². The number of fused-ring (bicyclic) bond motifs is 1. The minimum absolute atomic E-state index is 0.145. The van der Waals surface area contributed by atoms with Gasteiger partial charge in [0.1, 0.15) is 5.75 Å². The van der Waals surface area contributed by atoms with E-state index in [0.717, 1.165) is 31.6 Å². The SMILES string of the molecule is COc1ccc(CCNC2(CO)CCc3ccccc32)cc1. The normalized spacial score (nSPS) is 19.9. The maximum Gasteiger partial charge on any atom is 0.118 e. The molecule has 116 valence electrons. The van der Waals surface area contributed by atoms with Gasteiger partial charge in [-0.15, -0.1) is 0 Å². The lowest BCUT2D eigenvalue weighted by molar-refractivity contribution is 0.161. The van der Waals surface area contributed by atoms with E-state index in [4.69, 9.17) is 4.74 Å². The molecule has 1 atom stereocenters. The largest absolute Gasteiger partial charge is 0.497 e. The summed E-state index contributed by atoms with van der Waals surface area (Å²) in [4.78, 5) is 0. The molecule has 0 aliphatic heterocycles. The van der Waals surface area contributed by atoms with Crippen molar-refractivity contribution < 1.29 is 9.84 Å². The molecular weight excluding hydrogens is 274 g/mol. The molecule has 0 saturated heterocycles. The van der Waals surface area contributed by atoms with Gasteiger partial charge < -0.3 is 15.2 Å². The van der Waals surface area contributed by atoms with Crippen LogP contribution in [0.15, 0.2) is 48.5 Å². The number of aliphatic hydroxyl groups is 1. The maximum absolute atomic E-state index is 9.95. The lowest BCUT2D eigenvalue weighted by Gasteiger charge is -2.30. The minimum Gasteiger partial charge on any atom is -0.497 e. The summed E-state index contributed by atoms with van der Waals surface area (Å²) < 4.78 is 5.18. The third-order valence-electron chi connectivity index (χ3n) is 4.66. The average Bonchev–Trinajstić information content (AvgIpc) is 2.95. The zero-order chi connectivity index (χ0) is 15.4. The average molecular weight is 297 g/mol. The van der Waals surface area contributed by atoms with Crippen molar-refractivity contribution in [2.75, 3.05) is 20.3 Å². The molecule has 0 amide bonds. The number of aliphatic hydroxyl groups excluding tert-OH is 1. The second kappa shape index (κ2) is 6.51. The van der Waals surface area contributed by atoms with Gasteiger partial charge in [0.15, 0.2) is 0 Å². The highest BCUT2D eigenvalue weighted by atomic mass is 16.5. The van der Waals surface area contributed by atoms with Gasteiger partial charge in [-0.25, -0.2) is 0 Å². The summed E-state index contributed by atoms with van der Waals surface area (Å²) in [7, 11) is 1.68. The molecule has 0 heterocycles. The zero-order valence-corrected chi connectivity index (χ0v) is 13.0. The van der Waals surface area contributed by atoms with Crippen LogP contribution < -0.4 is 10.1 Å². The summed E-state index contributed by atoms with van der Waals surface area (Å²) in [5.74, 6) is 0.883. The predicted octanol–water partition coefficient (Wildman–Crippen LogP) is 2.66. The number of rotatable bonds is 6. The van der Waals surface area contributed by atoms with Gasteiger partial charge in [-0.05, 0) is 48.1 Å². The van der Waals surface area contributed by atoms with Crippen molar-refractivity contribution in [1.82, 2.24) is 5.32 Å². The molecule has 0 radical (unpaired) electrons. The molecule has 3 nitrogen and oxygen atoms in total. The molecule has 2 aromatic rings. The van der Waals surface area contributed by atoms with Crippen molar-refractivity contribution in [3.63, 3.8) is 0 Å². The number of benzene rings is 2. The van der Waals surface area contributed by atoms with Crippen LogP contribution in [-0.4, -0.2) is 25.4 Å². The van der Waals surface area contributed by atoms with Crippen molar-refractivity contribution >= 4 is 0 Å². The van der Waals surface area contributed by atoms with Crippen molar-refractivity contribution in [1.29, 1.82) is 0 Å². The Bertz CT molecular complexity index is 624. The topological polar surface area (TPSA) is 41.5 Å². The molecule has 3 heteroatoms. The molecule has 0 spiro atoms. The van der Waals surface area contributed by atoms with Crippen molar-refractivity contribution in [3.8, 4) is 5.75 Å². The summed E-state index contributed by atoms with van der Waals surface area (Å²) >= 11 is 0. The molecule has 0 fully saturated rings. The molecule has 0 bridgehead atoms. The van der Waals surface area contributed by atoms with Crippen molar-refractivity contribution in [3.05, 3.63) is 65.2 Å². The van der Waals surface area contributed by atoms with Crippen LogP contribution in [0.5, 0.6) is 5.75 Å².